The number of aliphatic imine (C=N–C) groups is 1. The molecule has 0 radical (unpaired) electrons. The number of hydroxylamine groups is 1. The summed E-state index contributed by atoms with van der Waals surface area (Å²) in [4.78, 5) is 15.7. The number of guanidine groups is 1. The number of para-hydroxylation sites is 2. The molecule has 0 unspecified atom stereocenters. The van der Waals surface area contributed by atoms with E-state index in [1.54, 1.807) is 45.0 Å². The van der Waals surface area contributed by atoms with E-state index in [1.807, 2.05) is 0 Å². The third-order valence-electron chi connectivity index (χ3n) is 3.01. The monoisotopic (exact) mass is 337 g/mol. The fourth-order valence-electron chi connectivity index (χ4n) is 2.01. The van der Waals surface area contributed by atoms with Gasteiger partial charge in [-0.2, -0.15) is 10.2 Å². The Morgan fingerprint density at radius 1 is 1.29 bits per heavy atom. The lowest BCUT2D eigenvalue weighted by Crippen LogP contribution is -2.52. The lowest BCUT2D eigenvalue weighted by molar-refractivity contribution is 0.0527. The zero-order valence-electron chi connectivity index (χ0n) is 14.0. The second kappa shape index (κ2) is 7.37. The molecule has 9 nitrogen and oxygen atoms in total. The highest BCUT2D eigenvalue weighted by Gasteiger charge is 2.25. The number of anilines is 2. The van der Waals surface area contributed by atoms with Crippen molar-refractivity contribution >= 4 is 23.4 Å². The standard InChI is InChI=1S/C15H23N5O4/c1-15(2,3)24-14(21)17-10-6-9-16-13-18-20(23)12-8-5-4-7-11(12)19(13)22/h4-5,7-8,22-23H,6,9-10H2,1-3H3,(H,16,18)(H,17,21). The minimum Gasteiger partial charge on any atom is -0.444 e. The van der Waals surface area contributed by atoms with E-state index in [1.165, 1.54) is 0 Å². The van der Waals surface area contributed by atoms with Gasteiger partial charge >= 0.3 is 6.09 Å². The molecule has 0 fully saturated rings. The average Bonchev–Trinajstić information content (AvgIpc) is 2.50. The van der Waals surface area contributed by atoms with E-state index in [-0.39, 0.29) is 5.96 Å². The summed E-state index contributed by atoms with van der Waals surface area (Å²) < 4.78 is 5.12. The first-order chi connectivity index (χ1) is 11.3. The predicted octanol–water partition coefficient (Wildman–Crippen LogP) is 1.87. The number of ether oxygens (including phenoxy) is 1. The third kappa shape index (κ3) is 4.74. The molecule has 1 aliphatic heterocycles. The Bertz CT molecular complexity index is 614. The molecule has 9 heteroatoms. The molecule has 0 atom stereocenters. The van der Waals surface area contributed by atoms with Gasteiger partial charge in [-0.15, -0.1) is 0 Å². The summed E-state index contributed by atoms with van der Waals surface area (Å²) in [5, 5.41) is 24.3. The van der Waals surface area contributed by atoms with E-state index in [0.29, 0.717) is 30.9 Å². The van der Waals surface area contributed by atoms with E-state index in [2.05, 4.69) is 15.7 Å². The molecule has 1 amide bonds. The van der Waals surface area contributed by atoms with Crippen molar-refractivity contribution in [1.29, 1.82) is 0 Å². The van der Waals surface area contributed by atoms with Gasteiger partial charge in [-0.25, -0.2) is 15.2 Å². The molecule has 4 N–H and O–H groups in total. The molecule has 0 saturated heterocycles. The van der Waals surface area contributed by atoms with Crippen LogP contribution in [0.15, 0.2) is 29.3 Å². The first-order valence-electron chi connectivity index (χ1n) is 7.63. The summed E-state index contributed by atoms with van der Waals surface area (Å²) in [7, 11) is 0. The second-order valence-electron chi connectivity index (χ2n) is 6.21. The van der Waals surface area contributed by atoms with Crippen LogP contribution in [0, 0.1) is 0 Å². The molecule has 0 bridgehead atoms. The van der Waals surface area contributed by atoms with Crippen LogP contribution in [0.5, 0.6) is 0 Å². The largest absolute Gasteiger partial charge is 0.444 e. The normalized spacial score (nSPS) is 15.8. The first-order valence-corrected chi connectivity index (χ1v) is 7.63. The molecule has 1 aromatic rings. The van der Waals surface area contributed by atoms with Gasteiger partial charge < -0.3 is 10.1 Å². The Kier molecular flexibility index (Phi) is 5.47. The van der Waals surface area contributed by atoms with Crippen molar-refractivity contribution in [3.8, 4) is 0 Å². The highest BCUT2D eigenvalue weighted by atomic mass is 16.6. The van der Waals surface area contributed by atoms with Gasteiger partial charge in [-0.1, -0.05) is 12.1 Å². The summed E-state index contributed by atoms with van der Waals surface area (Å²) >= 11 is 0. The fraction of sp³-hybridized carbons (Fsp3) is 0.467. The van der Waals surface area contributed by atoms with Gasteiger partial charge in [0, 0.05) is 13.1 Å². The maximum atomic E-state index is 11.5. The number of fused-ring (bicyclic) bond motifs is 1. The maximum Gasteiger partial charge on any atom is 0.407 e. The van der Waals surface area contributed by atoms with E-state index in [4.69, 9.17) is 4.74 Å². The summed E-state index contributed by atoms with van der Waals surface area (Å²) in [6, 6.07) is 6.78. The second-order valence-corrected chi connectivity index (χ2v) is 6.21. The Labute approximate surface area is 140 Å². The number of rotatable bonds is 4. The van der Waals surface area contributed by atoms with Crippen molar-refractivity contribution in [2.75, 3.05) is 23.3 Å². The first kappa shape index (κ1) is 17.8. The molecule has 1 aromatic carbocycles. The molecule has 1 aliphatic rings. The molecule has 24 heavy (non-hydrogen) atoms. The topological polar surface area (TPSA) is 110 Å². The van der Waals surface area contributed by atoms with E-state index in [0.717, 1.165) is 10.2 Å². The Morgan fingerprint density at radius 3 is 2.62 bits per heavy atom. The number of nitrogens with zero attached hydrogens (tertiary/aromatic N) is 3. The van der Waals surface area contributed by atoms with Crippen molar-refractivity contribution < 1.29 is 19.9 Å². The van der Waals surface area contributed by atoms with Crippen molar-refractivity contribution in [3.63, 3.8) is 0 Å². The van der Waals surface area contributed by atoms with Crippen LogP contribution in [0.1, 0.15) is 27.2 Å². The van der Waals surface area contributed by atoms with Gasteiger partial charge in [-0.3, -0.25) is 10.4 Å². The van der Waals surface area contributed by atoms with Crippen molar-refractivity contribution in [3.05, 3.63) is 24.3 Å². The van der Waals surface area contributed by atoms with Crippen LogP contribution < -0.4 is 21.0 Å². The van der Waals surface area contributed by atoms with E-state index in [9.17, 15) is 15.2 Å². The SMILES string of the molecule is CC(C)(C)OC(=O)NCCCN=C1NN(O)c2ccccc2N1O. The summed E-state index contributed by atoms with van der Waals surface area (Å²) in [6.07, 6.45) is 0.0657. The lowest BCUT2D eigenvalue weighted by Gasteiger charge is -2.32. The van der Waals surface area contributed by atoms with Crippen LogP contribution in [0.2, 0.25) is 0 Å². The van der Waals surface area contributed by atoms with Crippen LogP contribution in [0.3, 0.4) is 0 Å². The van der Waals surface area contributed by atoms with Crippen molar-refractivity contribution in [2.24, 2.45) is 4.99 Å². The number of benzene rings is 1. The number of amides is 1. The molecular weight excluding hydrogens is 314 g/mol. The Balaban J connectivity index is 1.82. The van der Waals surface area contributed by atoms with Crippen LogP contribution >= 0.6 is 0 Å². The van der Waals surface area contributed by atoms with Crippen molar-refractivity contribution in [1.82, 2.24) is 10.7 Å². The summed E-state index contributed by atoms with van der Waals surface area (Å²) in [5.74, 6) is 0.0912. The van der Waals surface area contributed by atoms with Crippen LogP contribution in [0.25, 0.3) is 0 Å². The minimum atomic E-state index is -0.536. The molecule has 0 aliphatic carbocycles. The average molecular weight is 337 g/mol. The Morgan fingerprint density at radius 2 is 1.96 bits per heavy atom. The third-order valence-corrected chi connectivity index (χ3v) is 3.01. The molecule has 2 rings (SSSR count). The molecule has 0 saturated carbocycles. The fourth-order valence-corrected chi connectivity index (χ4v) is 2.01. The summed E-state index contributed by atoms with van der Waals surface area (Å²) in [5.41, 5.74) is 2.83. The molecule has 0 aromatic heterocycles. The maximum absolute atomic E-state index is 11.5. The van der Waals surface area contributed by atoms with E-state index >= 15 is 0 Å². The number of hydrazine groups is 1. The van der Waals surface area contributed by atoms with E-state index < -0.39 is 11.7 Å². The van der Waals surface area contributed by atoms with Crippen LogP contribution in [0.4, 0.5) is 16.2 Å². The smallest absolute Gasteiger partial charge is 0.407 e. The van der Waals surface area contributed by atoms with Gasteiger partial charge in [0.15, 0.2) is 0 Å². The Hall–Kier alpha value is -2.52. The number of alkyl carbamates (subject to hydrolysis) is 1. The zero-order chi connectivity index (χ0) is 17.7. The lowest BCUT2D eigenvalue weighted by atomic mass is 10.2. The quantitative estimate of drug-likeness (QED) is 0.621. The molecule has 1 heterocycles. The number of hydrogen-bond donors (Lipinski definition) is 4. The zero-order valence-corrected chi connectivity index (χ0v) is 14.0. The van der Waals surface area contributed by atoms with Crippen LogP contribution in [-0.4, -0.2) is 41.2 Å². The molecular formula is C15H23N5O4. The number of carbonyl (C=O) groups excluding carboxylic acids is 1. The highest BCUT2D eigenvalue weighted by molar-refractivity contribution is 6.00. The predicted molar refractivity (Wildman–Crippen MR) is 89.3 cm³/mol. The number of hydrogen-bond acceptors (Lipinski definition) is 6. The van der Waals surface area contributed by atoms with Crippen LogP contribution in [-0.2, 0) is 4.74 Å². The van der Waals surface area contributed by atoms with Gasteiger partial charge in [0.05, 0.1) is 0 Å². The van der Waals surface area contributed by atoms with Gasteiger partial charge in [0.1, 0.15) is 17.0 Å². The van der Waals surface area contributed by atoms with Gasteiger partial charge in [0.2, 0.25) is 5.96 Å². The number of nitrogens with one attached hydrogen (secondary N) is 2. The minimum absolute atomic E-state index is 0.0912. The summed E-state index contributed by atoms with van der Waals surface area (Å²) in [6.45, 7) is 6.10. The van der Waals surface area contributed by atoms with Crippen molar-refractivity contribution in [2.45, 2.75) is 32.8 Å². The van der Waals surface area contributed by atoms with Gasteiger partial charge in [-0.05, 0) is 39.3 Å². The molecule has 132 valence electrons. The number of carbonyl (C=O) groups is 1. The van der Waals surface area contributed by atoms with Gasteiger partial charge in [0.25, 0.3) is 0 Å². The highest BCUT2D eigenvalue weighted by Crippen LogP contribution is 2.29. The molecule has 0 spiro atoms.